The zero-order valence-electron chi connectivity index (χ0n) is 11.8. The molecular formula is C14H27NO2S. The molecule has 1 aliphatic heterocycles. The Bertz CT molecular complexity index is 232. The number of thioether (sulfide) groups is 1. The summed E-state index contributed by atoms with van der Waals surface area (Å²) < 4.78 is 11.4. The van der Waals surface area contributed by atoms with E-state index in [1.54, 1.807) is 0 Å². The number of ether oxygens (including phenoxy) is 2. The Hall–Kier alpha value is 0.230. The number of nitrogens with zero attached hydrogens (tertiary/aromatic N) is 1. The first-order valence-corrected chi connectivity index (χ1v) is 8.48. The third-order valence-electron chi connectivity index (χ3n) is 3.94. The molecule has 0 radical (unpaired) electrons. The molecule has 0 aromatic carbocycles. The number of fused-ring (bicyclic) bond motifs is 1. The molecule has 0 amide bonds. The van der Waals surface area contributed by atoms with Crippen LogP contribution in [0, 0.1) is 0 Å². The Morgan fingerprint density at radius 3 is 2.61 bits per heavy atom. The van der Waals surface area contributed by atoms with Gasteiger partial charge in [0.15, 0.2) is 6.29 Å². The highest BCUT2D eigenvalue weighted by molar-refractivity contribution is 8.00. The third-order valence-corrected chi connectivity index (χ3v) is 5.33. The summed E-state index contributed by atoms with van der Waals surface area (Å²) in [5.41, 5.74) is 0. The first-order chi connectivity index (χ1) is 8.85. The lowest BCUT2D eigenvalue weighted by molar-refractivity contribution is -0.151. The van der Waals surface area contributed by atoms with Gasteiger partial charge in [0, 0.05) is 43.3 Å². The summed E-state index contributed by atoms with van der Waals surface area (Å²) in [6.45, 7) is 7.71. The Balaban J connectivity index is 1.88. The van der Waals surface area contributed by atoms with Crippen molar-refractivity contribution < 1.29 is 9.47 Å². The lowest BCUT2D eigenvalue weighted by atomic mass is 9.93. The minimum absolute atomic E-state index is 0.0364. The summed E-state index contributed by atoms with van der Waals surface area (Å²) in [6.07, 6.45) is 5.54. The van der Waals surface area contributed by atoms with Crippen LogP contribution < -0.4 is 0 Å². The fourth-order valence-corrected chi connectivity index (χ4v) is 4.63. The largest absolute Gasteiger partial charge is 0.352 e. The van der Waals surface area contributed by atoms with Crippen LogP contribution in [0.25, 0.3) is 0 Å². The van der Waals surface area contributed by atoms with Crippen molar-refractivity contribution in [3.05, 3.63) is 0 Å². The van der Waals surface area contributed by atoms with E-state index in [0.717, 1.165) is 31.1 Å². The van der Waals surface area contributed by atoms with Crippen LogP contribution in [0.5, 0.6) is 0 Å². The number of hydrogen-bond acceptors (Lipinski definition) is 4. The molecule has 1 aliphatic carbocycles. The molecule has 3 nitrogen and oxygen atoms in total. The first kappa shape index (κ1) is 14.6. The summed E-state index contributed by atoms with van der Waals surface area (Å²) in [7, 11) is 0. The van der Waals surface area contributed by atoms with E-state index in [4.69, 9.17) is 9.47 Å². The van der Waals surface area contributed by atoms with E-state index in [1.165, 1.54) is 38.0 Å². The first-order valence-electron chi connectivity index (χ1n) is 7.44. The number of hydrogen-bond donors (Lipinski definition) is 0. The predicted molar refractivity (Wildman–Crippen MR) is 77.1 cm³/mol. The highest BCUT2D eigenvalue weighted by Crippen LogP contribution is 2.35. The molecule has 1 heterocycles. The molecule has 106 valence electrons. The maximum atomic E-state index is 5.69. The Morgan fingerprint density at radius 1 is 1.17 bits per heavy atom. The van der Waals surface area contributed by atoms with E-state index in [2.05, 4.69) is 16.7 Å². The van der Waals surface area contributed by atoms with Crippen molar-refractivity contribution in [1.82, 2.24) is 4.90 Å². The summed E-state index contributed by atoms with van der Waals surface area (Å²) in [5.74, 6) is 1.27. The monoisotopic (exact) mass is 273 g/mol. The van der Waals surface area contributed by atoms with Gasteiger partial charge in [0.1, 0.15) is 0 Å². The van der Waals surface area contributed by atoms with Gasteiger partial charge in [0.2, 0.25) is 0 Å². The van der Waals surface area contributed by atoms with Crippen molar-refractivity contribution in [3.8, 4) is 0 Å². The van der Waals surface area contributed by atoms with E-state index in [0.29, 0.717) is 0 Å². The van der Waals surface area contributed by atoms with Crippen LogP contribution in [0.2, 0.25) is 0 Å². The van der Waals surface area contributed by atoms with Gasteiger partial charge in [-0.05, 0) is 26.7 Å². The molecule has 2 aliphatic rings. The lowest BCUT2D eigenvalue weighted by Gasteiger charge is -2.44. The minimum Gasteiger partial charge on any atom is -0.352 e. The lowest BCUT2D eigenvalue weighted by Crippen LogP contribution is -2.52. The van der Waals surface area contributed by atoms with Crippen LogP contribution in [0.3, 0.4) is 0 Å². The molecule has 0 aromatic heterocycles. The maximum Gasteiger partial charge on any atom is 0.170 e. The Kier molecular flexibility index (Phi) is 6.29. The molecule has 18 heavy (non-hydrogen) atoms. The summed E-state index contributed by atoms with van der Waals surface area (Å²) >= 11 is 2.18. The van der Waals surface area contributed by atoms with Crippen molar-refractivity contribution >= 4 is 11.8 Å². The predicted octanol–water partition coefficient (Wildman–Crippen LogP) is 2.75. The van der Waals surface area contributed by atoms with Gasteiger partial charge >= 0.3 is 0 Å². The van der Waals surface area contributed by atoms with E-state index in [9.17, 15) is 0 Å². The van der Waals surface area contributed by atoms with Crippen molar-refractivity contribution in [2.45, 2.75) is 57.1 Å². The van der Waals surface area contributed by atoms with Crippen molar-refractivity contribution in [2.75, 3.05) is 32.1 Å². The highest BCUT2D eigenvalue weighted by Gasteiger charge is 2.34. The van der Waals surface area contributed by atoms with E-state index >= 15 is 0 Å². The average molecular weight is 273 g/mol. The van der Waals surface area contributed by atoms with Crippen LogP contribution >= 0.6 is 11.8 Å². The maximum absolute atomic E-state index is 5.69. The zero-order valence-corrected chi connectivity index (χ0v) is 12.6. The molecule has 0 unspecified atom stereocenters. The fraction of sp³-hybridized carbons (Fsp3) is 1.00. The normalized spacial score (nSPS) is 29.5. The molecule has 0 bridgehead atoms. The zero-order chi connectivity index (χ0) is 12.8. The highest BCUT2D eigenvalue weighted by atomic mass is 32.2. The van der Waals surface area contributed by atoms with Crippen LogP contribution in [0.15, 0.2) is 0 Å². The topological polar surface area (TPSA) is 21.7 Å². The van der Waals surface area contributed by atoms with Crippen molar-refractivity contribution in [3.63, 3.8) is 0 Å². The van der Waals surface area contributed by atoms with Gasteiger partial charge in [-0.15, -0.1) is 0 Å². The summed E-state index contributed by atoms with van der Waals surface area (Å²) in [6, 6.07) is 0.765. The van der Waals surface area contributed by atoms with E-state index < -0.39 is 0 Å². The van der Waals surface area contributed by atoms with Gasteiger partial charge in [0.25, 0.3) is 0 Å². The summed E-state index contributed by atoms with van der Waals surface area (Å²) in [4.78, 5) is 2.62. The second kappa shape index (κ2) is 7.73. The molecule has 1 saturated heterocycles. The van der Waals surface area contributed by atoms with Crippen LogP contribution in [0.4, 0.5) is 0 Å². The molecule has 0 spiro atoms. The van der Waals surface area contributed by atoms with E-state index in [-0.39, 0.29) is 6.29 Å². The second-order valence-corrected chi connectivity index (χ2v) is 6.44. The standard InChI is InChI=1S/C14H27NO2S/c1-3-16-14(17-4-2)11-15-9-10-18-13-8-6-5-7-12(13)15/h12-14H,3-11H2,1-2H3/t12-,13-/m1/s1. The molecule has 1 saturated carbocycles. The molecule has 4 heteroatoms. The van der Waals surface area contributed by atoms with Crippen molar-refractivity contribution in [2.24, 2.45) is 0 Å². The molecule has 0 aromatic rings. The van der Waals surface area contributed by atoms with Crippen LogP contribution in [-0.2, 0) is 9.47 Å². The second-order valence-electron chi connectivity index (χ2n) is 5.10. The average Bonchev–Trinajstić information content (AvgIpc) is 2.40. The van der Waals surface area contributed by atoms with Gasteiger partial charge in [-0.1, -0.05) is 12.8 Å². The minimum atomic E-state index is -0.0364. The Morgan fingerprint density at radius 2 is 1.89 bits per heavy atom. The van der Waals surface area contributed by atoms with Crippen LogP contribution in [0.1, 0.15) is 39.5 Å². The molecule has 2 atom stereocenters. The number of rotatable bonds is 6. The SMILES string of the molecule is CCOC(CN1CCS[C@@H]2CCCC[C@H]21)OCC. The van der Waals surface area contributed by atoms with Crippen molar-refractivity contribution in [1.29, 1.82) is 0 Å². The van der Waals surface area contributed by atoms with Gasteiger partial charge in [-0.2, -0.15) is 11.8 Å². The van der Waals surface area contributed by atoms with Gasteiger partial charge in [0.05, 0.1) is 0 Å². The smallest absolute Gasteiger partial charge is 0.170 e. The Labute approximate surface area is 116 Å². The quantitative estimate of drug-likeness (QED) is 0.694. The van der Waals surface area contributed by atoms with Gasteiger partial charge in [-0.3, -0.25) is 4.90 Å². The van der Waals surface area contributed by atoms with Gasteiger partial charge < -0.3 is 9.47 Å². The molecular weight excluding hydrogens is 246 g/mol. The molecule has 2 rings (SSSR count). The molecule has 0 N–H and O–H groups in total. The fourth-order valence-electron chi connectivity index (χ4n) is 3.12. The van der Waals surface area contributed by atoms with Crippen LogP contribution in [-0.4, -0.2) is 54.5 Å². The third kappa shape index (κ3) is 3.86. The van der Waals surface area contributed by atoms with Gasteiger partial charge in [-0.25, -0.2) is 0 Å². The summed E-state index contributed by atoms with van der Waals surface area (Å²) in [5, 5.41) is 0.858. The molecule has 2 fully saturated rings. The van der Waals surface area contributed by atoms with E-state index in [1.807, 2.05) is 13.8 Å².